The van der Waals surface area contributed by atoms with Gasteiger partial charge in [-0.1, -0.05) is 59.6 Å². The van der Waals surface area contributed by atoms with Crippen molar-refractivity contribution in [2.75, 3.05) is 20.1 Å². The Kier molecular flexibility index (Phi) is 6.90. The molecule has 2 rings (SSSR count). The lowest BCUT2D eigenvalue weighted by atomic mass is 10.1. The normalized spacial score (nSPS) is 10.8. The van der Waals surface area contributed by atoms with Crippen molar-refractivity contribution in [3.05, 3.63) is 69.7 Å². The number of halogens is 2. The third-order valence-corrected chi connectivity index (χ3v) is 4.03. The summed E-state index contributed by atoms with van der Waals surface area (Å²) in [6.45, 7) is 1.56. The minimum atomic E-state index is 0.00789. The minimum Gasteiger partial charge on any atom is -0.355 e. The summed E-state index contributed by atoms with van der Waals surface area (Å²) in [7, 11) is 1.89. The number of nitrogens with one attached hydrogen (secondary N) is 1. The highest BCUT2D eigenvalue weighted by Crippen LogP contribution is 2.21. The maximum Gasteiger partial charge on any atom is 0.234 e. The molecule has 0 aromatic heterocycles. The Balaban J connectivity index is 1.74. The van der Waals surface area contributed by atoms with Crippen molar-refractivity contribution in [3.63, 3.8) is 0 Å². The second kappa shape index (κ2) is 8.92. The third kappa shape index (κ3) is 6.22. The van der Waals surface area contributed by atoms with Gasteiger partial charge in [0.15, 0.2) is 0 Å². The Morgan fingerprint density at radius 3 is 2.57 bits per heavy atom. The lowest BCUT2D eigenvalue weighted by Gasteiger charge is -2.17. The van der Waals surface area contributed by atoms with Gasteiger partial charge < -0.3 is 5.32 Å². The van der Waals surface area contributed by atoms with Crippen LogP contribution in [0.25, 0.3) is 0 Å². The molecule has 0 fully saturated rings. The molecule has 0 aliphatic heterocycles. The number of rotatable bonds is 7. The maximum absolute atomic E-state index is 12.0. The predicted molar refractivity (Wildman–Crippen MR) is 96.0 cm³/mol. The van der Waals surface area contributed by atoms with Crippen molar-refractivity contribution in [3.8, 4) is 0 Å². The van der Waals surface area contributed by atoms with Gasteiger partial charge in [-0.05, 0) is 36.7 Å². The maximum atomic E-state index is 12.0. The Hall–Kier alpha value is -1.55. The topological polar surface area (TPSA) is 32.3 Å². The molecule has 122 valence electrons. The van der Waals surface area contributed by atoms with E-state index < -0.39 is 0 Å². The highest BCUT2D eigenvalue weighted by Gasteiger charge is 2.09. The van der Waals surface area contributed by atoms with Gasteiger partial charge in [0.1, 0.15) is 0 Å². The Labute approximate surface area is 147 Å². The Morgan fingerprint density at radius 2 is 1.87 bits per heavy atom. The zero-order valence-electron chi connectivity index (χ0n) is 13.1. The minimum absolute atomic E-state index is 0.00789. The van der Waals surface area contributed by atoms with E-state index in [4.69, 9.17) is 23.2 Å². The van der Waals surface area contributed by atoms with Crippen LogP contribution in [0.2, 0.25) is 10.0 Å². The van der Waals surface area contributed by atoms with E-state index >= 15 is 0 Å². The number of likely N-dealkylation sites (N-methyl/N-ethyl adjacent to an activating group) is 1. The predicted octanol–water partition coefficient (Wildman–Crippen LogP) is 3.78. The van der Waals surface area contributed by atoms with Crippen molar-refractivity contribution < 1.29 is 4.79 Å². The summed E-state index contributed by atoms with van der Waals surface area (Å²) in [6.07, 6.45) is 0.833. The second-order valence-corrected chi connectivity index (χ2v) is 6.34. The van der Waals surface area contributed by atoms with E-state index in [1.54, 1.807) is 12.1 Å². The van der Waals surface area contributed by atoms with Crippen LogP contribution in [0.5, 0.6) is 0 Å². The van der Waals surface area contributed by atoms with E-state index in [1.807, 2.05) is 36.2 Å². The summed E-state index contributed by atoms with van der Waals surface area (Å²) in [5.74, 6) is 0.00789. The molecule has 0 spiro atoms. The summed E-state index contributed by atoms with van der Waals surface area (Å²) < 4.78 is 0. The number of amides is 1. The van der Waals surface area contributed by atoms with Crippen molar-refractivity contribution in [2.45, 2.75) is 13.0 Å². The van der Waals surface area contributed by atoms with Gasteiger partial charge in [0.2, 0.25) is 5.91 Å². The number of carbonyl (C=O) groups is 1. The van der Waals surface area contributed by atoms with Gasteiger partial charge in [0.25, 0.3) is 0 Å². The summed E-state index contributed by atoms with van der Waals surface area (Å²) >= 11 is 12.0. The molecular weight excluding hydrogens is 331 g/mol. The van der Waals surface area contributed by atoms with Crippen molar-refractivity contribution in [2.24, 2.45) is 0 Å². The van der Waals surface area contributed by atoms with Gasteiger partial charge in [-0.3, -0.25) is 9.69 Å². The van der Waals surface area contributed by atoms with Crippen LogP contribution in [0.3, 0.4) is 0 Å². The van der Waals surface area contributed by atoms with Crippen LogP contribution in [0, 0.1) is 0 Å². The number of nitrogens with zero attached hydrogens (tertiary/aromatic N) is 1. The van der Waals surface area contributed by atoms with E-state index in [2.05, 4.69) is 17.4 Å². The molecule has 0 atom stereocenters. The first kappa shape index (κ1) is 17.8. The van der Waals surface area contributed by atoms with Crippen LogP contribution in [0.1, 0.15) is 11.1 Å². The van der Waals surface area contributed by atoms with Gasteiger partial charge in [-0.2, -0.15) is 0 Å². The summed E-state index contributed by atoms with van der Waals surface area (Å²) in [5, 5.41) is 4.17. The first-order valence-corrected chi connectivity index (χ1v) is 8.23. The number of hydrogen-bond donors (Lipinski definition) is 1. The SMILES string of the molecule is CN(CC(=O)NCCc1ccccc1)Cc1ccc(Cl)cc1Cl. The fourth-order valence-electron chi connectivity index (χ4n) is 2.29. The number of benzene rings is 2. The lowest BCUT2D eigenvalue weighted by Crippen LogP contribution is -2.35. The van der Waals surface area contributed by atoms with Gasteiger partial charge in [0.05, 0.1) is 6.54 Å². The van der Waals surface area contributed by atoms with Gasteiger partial charge in [-0.15, -0.1) is 0 Å². The van der Waals surface area contributed by atoms with E-state index in [1.165, 1.54) is 5.56 Å². The number of carbonyl (C=O) groups excluding carboxylic acids is 1. The summed E-state index contributed by atoms with van der Waals surface area (Å²) in [6, 6.07) is 15.5. The Morgan fingerprint density at radius 1 is 1.13 bits per heavy atom. The average Bonchev–Trinajstić information content (AvgIpc) is 2.51. The third-order valence-electron chi connectivity index (χ3n) is 3.45. The molecule has 1 N–H and O–H groups in total. The standard InChI is InChI=1S/C18H20Cl2N2O/c1-22(12-15-7-8-16(19)11-17(15)20)13-18(23)21-10-9-14-5-3-2-4-6-14/h2-8,11H,9-10,12-13H2,1H3,(H,21,23). The van der Waals surface area contributed by atoms with Crippen molar-refractivity contribution in [1.82, 2.24) is 10.2 Å². The second-order valence-electron chi connectivity index (χ2n) is 5.49. The highest BCUT2D eigenvalue weighted by molar-refractivity contribution is 6.35. The molecule has 0 bridgehead atoms. The molecule has 1 amide bonds. The zero-order valence-corrected chi connectivity index (χ0v) is 14.6. The monoisotopic (exact) mass is 350 g/mol. The van der Waals surface area contributed by atoms with Crippen LogP contribution < -0.4 is 5.32 Å². The summed E-state index contributed by atoms with van der Waals surface area (Å²) in [5.41, 5.74) is 2.17. The van der Waals surface area contributed by atoms with Gasteiger partial charge in [-0.25, -0.2) is 0 Å². The number of hydrogen-bond acceptors (Lipinski definition) is 2. The quantitative estimate of drug-likeness (QED) is 0.823. The molecule has 0 aliphatic carbocycles. The average molecular weight is 351 g/mol. The van der Waals surface area contributed by atoms with Gasteiger partial charge >= 0.3 is 0 Å². The molecular formula is C18H20Cl2N2O. The van der Waals surface area contributed by atoms with Crippen molar-refractivity contribution >= 4 is 29.1 Å². The fraction of sp³-hybridized carbons (Fsp3) is 0.278. The molecule has 3 nitrogen and oxygen atoms in total. The fourth-order valence-corrected chi connectivity index (χ4v) is 2.76. The molecule has 5 heteroatoms. The molecule has 0 unspecified atom stereocenters. The lowest BCUT2D eigenvalue weighted by molar-refractivity contribution is -0.122. The van der Waals surface area contributed by atoms with Crippen LogP contribution >= 0.6 is 23.2 Å². The van der Waals surface area contributed by atoms with Crippen molar-refractivity contribution in [1.29, 1.82) is 0 Å². The van der Waals surface area contributed by atoms with Crippen LogP contribution in [0.15, 0.2) is 48.5 Å². The molecule has 23 heavy (non-hydrogen) atoms. The molecule has 0 aliphatic rings. The zero-order chi connectivity index (χ0) is 16.7. The first-order valence-electron chi connectivity index (χ1n) is 7.47. The summed E-state index contributed by atoms with van der Waals surface area (Å²) in [4.78, 5) is 13.9. The van der Waals surface area contributed by atoms with E-state index in [0.29, 0.717) is 29.7 Å². The van der Waals surface area contributed by atoms with Gasteiger partial charge in [0, 0.05) is 23.1 Å². The molecule has 2 aromatic rings. The van der Waals surface area contributed by atoms with Crippen LogP contribution in [-0.4, -0.2) is 30.9 Å². The van der Waals surface area contributed by atoms with Crippen LogP contribution in [0.4, 0.5) is 0 Å². The molecule has 2 aromatic carbocycles. The smallest absolute Gasteiger partial charge is 0.234 e. The van der Waals surface area contributed by atoms with E-state index in [9.17, 15) is 4.79 Å². The van der Waals surface area contributed by atoms with E-state index in [-0.39, 0.29) is 5.91 Å². The molecule has 0 saturated carbocycles. The molecule has 0 saturated heterocycles. The van der Waals surface area contributed by atoms with Crippen LogP contribution in [-0.2, 0) is 17.8 Å². The largest absolute Gasteiger partial charge is 0.355 e. The molecule has 0 radical (unpaired) electrons. The molecule has 0 heterocycles. The highest BCUT2D eigenvalue weighted by atomic mass is 35.5. The van der Waals surface area contributed by atoms with E-state index in [0.717, 1.165) is 12.0 Å². The Bertz CT molecular complexity index is 647. The first-order chi connectivity index (χ1) is 11.0.